The molecule has 0 spiro atoms. The van der Waals surface area contributed by atoms with Crippen LogP contribution >= 0.6 is 23.1 Å². The van der Waals surface area contributed by atoms with E-state index in [0.717, 1.165) is 28.7 Å². The quantitative estimate of drug-likeness (QED) is 0.446. The zero-order chi connectivity index (χ0) is 23.1. The van der Waals surface area contributed by atoms with Crippen molar-refractivity contribution >= 4 is 51.8 Å². The third-order valence-corrected chi connectivity index (χ3v) is 6.19. The summed E-state index contributed by atoms with van der Waals surface area (Å²) >= 11 is 2.21. The third-order valence-electron chi connectivity index (χ3n) is 4.09. The number of thiazole rings is 1. The molecule has 0 aliphatic rings. The molecule has 0 aliphatic heterocycles. The molecule has 1 aromatic carbocycles. The van der Waals surface area contributed by atoms with Crippen LogP contribution in [-0.4, -0.2) is 45.5 Å². The Balaban J connectivity index is 1.61. The van der Waals surface area contributed by atoms with E-state index in [9.17, 15) is 14.4 Å². The van der Waals surface area contributed by atoms with E-state index in [0.29, 0.717) is 22.1 Å². The molecule has 9 nitrogen and oxygen atoms in total. The number of rotatable bonds is 9. The van der Waals surface area contributed by atoms with Gasteiger partial charge in [-0.1, -0.05) is 46.8 Å². The van der Waals surface area contributed by atoms with Crippen LogP contribution in [0, 0.1) is 6.92 Å². The number of hydrogen-bond donors (Lipinski definition) is 2. The molecule has 0 saturated heterocycles. The highest BCUT2D eigenvalue weighted by Crippen LogP contribution is 2.32. The first kappa shape index (κ1) is 23.5. The first-order valence-electron chi connectivity index (χ1n) is 9.76. The fraction of sp³-hybridized carbons (Fsp3) is 0.286. The molecule has 11 heteroatoms. The maximum Gasteiger partial charge on any atom is 0.350 e. The van der Waals surface area contributed by atoms with E-state index in [2.05, 4.69) is 20.8 Å². The van der Waals surface area contributed by atoms with E-state index in [1.165, 1.54) is 0 Å². The molecule has 1 unspecified atom stereocenters. The number of aromatic nitrogens is 2. The van der Waals surface area contributed by atoms with E-state index >= 15 is 0 Å². The molecule has 2 aromatic heterocycles. The van der Waals surface area contributed by atoms with E-state index in [1.807, 2.05) is 30.3 Å². The summed E-state index contributed by atoms with van der Waals surface area (Å²) in [4.78, 5) is 41.7. The van der Waals surface area contributed by atoms with Crippen LogP contribution in [0.15, 0.2) is 40.9 Å². The van der Waals surface area contributed by atoms with Crippen molar-refractivity contribution in [2.45, 2.75) is 26.0 Å². The second-order valence-electron chi connectivity index (χ2n) is 6.60. The van der Waals surface area contributed by atoms with Gasteiger partial charge in [-0.3, -0.25) is 9.59 Å². The maximum atomic E-state index is 12.4. The lowest BCUT2D eigenvalue weighted by molar-refractivity contribution is -0.115. The molecule has 2 N–H and O–H groups in total. The normalized spacial score (nSPS) is 11.6. The van der Waals surface area contributed by atoms with Crippen LogP contribution in [0.5, 0.6) is 0 Å². The Labute approximate surface area is 192 Å². The zero-order valence-electron chi connectivity index (χ0n) is 17.7. The Morgan fingerprint density at radius 1 is 1.22 bits per heavy atom. The summed E-state index contributed by atoms with van der Waals surface area (Å²) in [6, 6.07) is 10.8. The molecular formula is C21H22N4O5S2. The number of carbonyl (C=O) groups excluding carboxylic acids is 3. The first-order valence-corrected chi connectivity index (χ1v) is 11.6. The molecule has 2 amide bonds. The van der Waals surface area contributed by atoms with E-state index in [4.69, 9.17) is 9.26 Å². The van der Waals surface area contributed by atoms with E-state index < -0.39 is 11.2 Å². The molecule has 0 bridgehead atoms. The minimum atomic E-state index is -0.496. The lowest BCUT2D eigenvalue weighted by atomic mass is 10.1. The van der Waals surface area contributed by atoms with Crippen molar-refractivity contribution in [1.29, 1.82) is 0 Å². The number of ether oxygens (including phenoxy) is 1. The number of nitrogens with one attached hydrogen (secondary N) is 2. The van der Waals surface area contributed by atoms with Gasteiger partial charge in [-0.15, -0.1) is 11.8 Å². The van der Waals surface area contributed by atoms with Crippen molar-refractivity contribution in [2.24, 2.45) is 0 Å². The van der Waals surface area contributed by atoms with E-state index in [1.54, 1.807) is 26.8 Å². The predicted octanol–water partition coefficient (Wildman–Crippen LogP) is 3.98. The molecule has 168 valence electrons. The van der Waals surface area contributed by atoms with Gasteiger partial charge in [0.1, 0.15) is 10.6 Å². The number of amides is 2. The number of anilines is 2. The van der Waals surface area contributed by atoms with Crippen LogP contribution in [0.2, 0.25) is 0 Å². The van der Waals surface area contributed by atoms with Gasteiger partial charge < -0.3 is 19.9 Å². The molecule has 0 fully saturated rings. The Bertz CT molecular complexity index is 1100. The Kier molecular flexibility index (Phi) is 8.01. The summed E-state index contributed by atoms with van der Waals surface area (Å²) in [5.74, 6) is -0.182. The molecule has 2 heterocycles. The molecule has 0 radical (unpaired) electrons. The SMILES string of the molecule is CCOC(=O)c1sc(NC(=O)CSC(C)C(=O)Nc2cc(C)on2)nc1-c1ccccc1. The predicted molar refractivity (Wildman–Crippen MR) is 124 cm³/mol. The van der Waals surface area contributed by atoms with Crippen molar-refractivity contribution in [3.8, 4) is 11.3 Å². The van der Waals surface area contributed by atoms with Gasteiger partial charge in [0.15, 0.2) is 10.9 Å². The van der Waals surface area contributed by atoms with Gasteiger partial charge in [0, 0.05) is 11.6 Å². The van der Waals surface area contributed by atoms with Gasteiger partial charge in [0.25, 0.3) is 0 Å². The summed E-state index contributed by atoms with van der Waals surface area (Å²) in [5.41, 5.74) is 1.20. The molecular weight excluding hydrogens is 452 g/mol. The van der Waals surface area contributed by atoms with Crippen LogP contribution in [0.4, 0.5) is 10.9 Å². The van der Waals surface area contributed by atoms with Crippen molar-refractivity contribution in [1.82, 2.24) is 10.1 Å². The topological polar surface area (TPSA) is 123 Å². The number of thioether (sulfide) groups is 1. The van der Waals surface area contributed by atoms with Crippen molar-refractivity contribution in [2.75, 3.05) is 23.0 Å². The summed E-state index contributed by atoms with van der Waals surface area (Å²) < 4.78 is 10.0. The lowest BCUT2D eigenvalue weighted by Gasteiger charge is -2.09. The summed E-state index contributed by atoms with van der Waals surface area (Å²) in [5, 5.41) is 8.83. The lowest BCUT2D eigenvalue weighted by Crippen LogP contribution is -2.25. The zero-order valence-corrected chi connectivity index (χ0v) is 19.3. The Morgan fingerprint density at radius 3 is 2.62 bits per heavy atom. The standard InChI is InChI=1S/C21H22N4O5S2/c1-4-29-20(28)18-17(14-8-6-5-7-9-14)24-21(32-18)23-16(26)11-31-13(3)19(27)22-15-10-12(2)30-25-15/h5-10,13H,4,11H2,1-3H3,(H,22,25,27)(H,23,24,26). The highest BCUT2D eigenvalue weighted by molar-refractivity contribution is 8.01. The summed E-state index contributed by atoms with van der Waals surface area (Å²) in [7, 11) is 0. The van der Waals surface area contributed by atoms with Gasteiger partial charge in [0.05, 0.1) is 23.3 Å². The number of nitrogens with zero attached hydrogens (tertiary/aromatic N) is 2. The largest absolute Gasteiger partial charge is 0.462 e. The Morgan fingerprint density at radius 2 is 1.97 bits per heavy atom. The smallest absolute Gasteiger partial charge is 0.350 e. The number of esters is 1. The van der Waals surface area contributed by atoms with Crippen LogP contribution in [-0.2, 0) is 14.3 Å². The fourth-order valence-electron chi connectivity index (χ4n) is 2.59. The number of carbonyl (C=O) groups is 3. The van der Waals surface area contributed by atoms with Crippen LogP contribution in [0.3, 0.4) is 0 Å². The average Bonchev–Trinajstić information content (AvgIpc) is 3.38. The van der Waals surface area contributed by atoms with Gasteiger partial charge in [0.2, 0.25) is 11.8 Å². The average molecular weight is 475 g/mol. The van der Waals surface area contributed by atoms with Gasteiger partial charge in [-0.25, -0.2) is 9.78 Å². The van der Waals surface area contributed by atoms with E-state index in [-0.39, 0.29) is 29.3 Å². The first-order chi connectivity index (χ1) is 15.4. The molecule has 3 aromatic rings. The highest BCUT2D eigenvalue weighted by Gasteiger charge is 2.22. The number of benzene rings is 1. The van der Waals surface area contributed by atoms with Crippen molar-refractivity contribution in [3.05, 3.63) is 47.0 Å². The third kappa shape index (κ3) is 6.17. The maximum absolute atomic E-state index is 12.4. The highest BCUT2D eigenvalue weighted by atomic mass is 32.2. The van der Waals surface area contributed by atoms with Gasteiger partial charge in [-0.2, -0.15) is 0 Å². The fourth-order valence-corrected chi connectivity index (χ4v) is 4.17. The molecule has 3 rings (SSSR count). The molecule has 0 aliphatic carbocycles. The van der Waals surface area contributed by atoms with Gasteiger partial charge in [-0.05, 0) is 20.8 Å². The minimum Gasteiger partial charge on any atom is -0.462 e. The number of aryl methyl sites for hydroxylation is 1. The second kappa shape index (κ2) is 10.9. The summed E-state index contributed by atoms with van der Waals surface area (Å²) in [6.45, 7) is 5.37. The monoisotopic (exact) mass is 474 g/mol. The van der Waals surface area contributed by atoms with Crippen molar-refractivity contribution in [3.63, 3.8) is 0 Å². The van der Waals surface area contributed by atoms with Crippen LogP contribution in [0.25, 0.3) is 11.3 Å². The Hall–Kier alpha value is -3.18. The van der Waals surface area contributed by atoms with Crippen molar-refractivity contribution < 1.29 is 23.6 Å². The van der Waals surface area contributed by atoms with Gasteiger partial charge >= 0.3 is 5.97 Å². The second-order valence-corrected chi connectivity index (χ2v) is 8.92. The summed E-state index contributed by atoms with van der Waals surface area (Å²) in [6.07, 6.45) is 0. The molecule has 32 heavy (non-hydrogen) atoms. The minimum absolute atomic E-state index is 0.0292. The molecule has 0 saturated carbocycles. The number of hydrogen-bond acceptors (Lipinski definition) is 9. The molecule has 1 atom stereocenters. The van der Waals surface area contributed by atoms with Crippen LogP contribution in [0.1, 0.15) is 29.3 Å². The van der Waals surface area contributed by atoms with Crippen LogP contribution < -0.4 is 10.6 Å².